The molecule has 0 fully saturated rings. The SMILES string of the molecule is Cc1cccc(-c2ccc3[nH]ccc3c2)c1. The lowest BCUT2D eigenvalue weighted by atomic mass is 10.0. The first kappa shape index (κ1) is 9.22. The highest BCUT2D eigenvalue weighted by molar-refractivity contribution is 5.85. The molecule has 16 heavy (non-hydrogen) atoms. The highest BCUT2D eigenvalue weighted by Gasteiger charge is 2.00. The van der Waals surface area contributed by atoms with Crippen molar-refractivity contribution in [1.29, 1.82) is 0 Å². The second-order valence-electron chi connectivity index (χ2n) is 4.15. The zero-order valence-electron chi connectivity index (χ0n) is 9.20. The van der Waals surface area contributed by atoms with Crippen LogP contribution in [0.1, 0.15) is 5.56 Å². The van der Waals surface area contributed by atoms with Crippen molar-refractivity contribution in [1.82, 2.24) is 4.98 Å². The molecule has 0 saturated heterocycles. The molecule has 78 valence electrons. The summed E-state index contributed by atoms with van der Waals surface area (Å²) in [5.74, 6) is 0. The van der Waals surface area contributed by atoms with E-state index in [4.69, 9.17) is 0 Å². The van der Waals surface area contributed by atoms with E-state index in [9.17, 15) is 0 Å². The molecule has 0 amide bonds. The normalized spacial score (nSPS) is 10.8. The van der Waals surface area contributed by atoms with E-state index < -0.39 is 0 Å². The Labute approximate surface area is 94.7 Å². The van der Waals surface area contributed by atoms with Crippen molar-refractivity contribution in [2.24, 2.45) is 0 Å². The molecule has 0 atom stereocenters. The molecular weight excluding hydrogens is 194 g/mol. The third-order valence-corrected chi connectivity index (χ3v) is 2.90. The smallest absolute Gasteiger partial charge is 0.0454 e. The fourth-order valence-corrected chi connectivity index (χ4v) is 2.06. The van der Waals surface area contributed by atoms with Crippen molar-refractivity contribution in [3.63, 3.8) is 0 Å². The number of aromatic nitrogens is 1. The number of rotatable bonds is 1. The summed E-state index contributed by atoms with van der Waals surface area (Å²) in [6, 6.07) is 17.2. The standard InChI is InChI=1S/C15H13N/c1-11-3-2-4-12(9-11)13-5-6-15-14(10-13)7-8-16-15/h2-10,16H,1H3. The second-order valence-corrected chi connectivity index (χ2v) is 4.15. The molecule has 1 aromatic heterocycles. The van der Waals surface area contributed by atoms with Crippen LogP contribution in [0, 0.1) is 6.92 Å². The minimum Gasteiger partial charge on any atom is -0.361 e. The van der Waals surface area contributed by atoms with Crippen LogP contribution in [0.25, 0.3) is 22.0 Å². The van der Waals surface area contributed by atoms with Gasteiger partial charge in [-0.05, 0) is 41.6 Å². The Hall–Kier alpha value is -2.02. The molecule has 0 saturated carbocycles. The zero-order valence-corrected chi connectivity index (χ0v) is 9.20. The topological polar surface area (TPSA) is 15.8 Å². The molecule has 0 spiro atoms. The van der Waals surface area contributed by atoms with Gasteiger partial charge in [0.25, 0.3) is 0 Å². The number of nitrogens with one attached hydrogen (secondary N) is 1. The quantitative estimate of drug-likeness (QED) is 0.617. The molecule has 0 aliphatic rings. The number of fused-ring (bicyclic) bond motifs is 1. The van der Waals surface area contributed by atoms with E-state index in [1.807, 2.05) is 6.20 Å². The van der Waals surface area contributed by atoms with Crippen LogP contribution in [0.3, 0.4) is 0 Å². The predicted molar refractivity (Wildman–Crippen MR) is 68.5 cm³/mol. The lowest BCUT2D eigenvalue weighted by Crippen LogP contribution is -1.79. The Kier molecular flexibility index (Phi) is 2.03. The van der Waals surface area contributed by atoms with Crippen LogP contribution in [-0.4, -0.2) is 4.98 Å². The van der Waals surface area contributed by atoms with Gasteiger partial charge in [-0.2, -0.15) is 0 Å². The first-order valence-corrected chi connectivity index (χ1v) is 5.47. The predicted octanol–water partition coefficient (Wildman–Crippen LogP) is 4.14. The Morgan fingerprint density at radius 3 is 2.62 bits per heavy atom. The Bertz CT molecular complexity index is 634. The Morgan fingerprint density at radius 2 is 1.75 bits per heavy atom. The molecule has 0 unspecified atom stereocenters. The van der Waals surface area contributed by atoms with Gasteiger partial charge in [-0.25, -0.2) is 0 Å². The van der Waals surface area contributed by atoms with Gasteiger partial charge in [0, 0.05) is 11.7 Å². The van der Waals surface area contributed by atoms with Gasteiger partial charge in [-0.1, -0.05) is 35.9 Å². The number of aromatic amines is 1. The van der Waals surface area contributed by atoms with Crippen molar-refractivity contribution in [3.8, 4) is 11.1 Å². The summed E-state index contributed by atoms with van der Waals surface area (Å²) >= 11 is 0. The summed E-state index contributed by atoms with van der Waals surface area (Å²) < 4.78 is 0. The molecule has 0 radical (unpaired) electrons. The molecule has 2 aromatic carbocycles. The van der Waals surface area contributed by atoms with E-state index >= 15 is 0 Å². The summed E-state index contributed by atoms with van der Waals surface area (Å²) in [6.45, 7) is 2.12. The molecule has 3 aromatic rings. The number of hydrogen-bond acceptors (Lipinski definition) is 0. The van der Waals surface area contributed by atoms with Crippen molar-refractivity contribution in [3.05, 3.63) is 60.3 Å². The summed E-state index contributed by atoms with van der Waals surface area (Å²) in [7, 11) is 0. The van der Waals surface area contributed by atoms with Gasteiger partial charge < -0.3 is 4.98 Å². The van der Waals surface area contributed by atoms with Crippen molar-refractivity contribution in [2.45, 2.75) is 6.92 Å². The average Bonchev–Trinajstić information content (AvgIpc) is 2.75. The molecular formula is C15H13N. The van der Waals surface area contributed by atoms with Crippen molar-refractivity contribution >= 4 is 10.9 Å². The van der Waals surface area contributed by atoms with Crippen LogP contribution in [0.2, 0.25) is 0 Å². The molecule has 0 aliphatic carbocycles. The van der Waals surface area contributed by atoms with E-state index in [-0.39, 0.29) is 0 Å². The maximum Gasteiger partial charge on any atom is 0.0454 e. The van der Waals surface area contributed by atoms with Gasteiger partial charge >= 0.3 is 0 Å². The second kappa shape index (κ2) is 3.53. The highest BCUT2D eigenvalue weighted by atomic mass is 14.7. The number of hydrogen-bond donors (Lipinski definition) is 1. The fourth-order valence-electron chi connectivity index (χ4n) is 2.06. The van der Waals surface area contributed by atoms with Crippen LogP contribution in [-0.2, 0) is 0 Å². The average molecular weight is 207 g/mol. The first-order valence-electron chi connectivity index (χ1n) is 5.47. The van der Waals surface area contributed by atoms with Crippen LogP contribution < -0.4 is 0 Å². The first-order chi connectivity index (χ1) is 7.83. The van der Waals surface area contributed by atoms with Gasteiger partial charge in [0.2, 0.25) is 0 Å². The van der Waals surface area contributed by atoms with Gasteiger partial charge in [0.15, 0.2) is 0 Å². The van der Waals surface area contributed by atoms with Gasteiger partial charge in [0.1, 0.15) is 0 Å². The molecule has 0 aliphatic heterocycles. The van der Waals surface area contributed by atoms with Gasteiger partial charge in [-0.15, -0.1) is 0 Å². The number of H-pyrrole nitrogens is 1. The Balaban J connectivity index is 2.18. The molecule has 1 nitrogen and oxygen atoms in total. The van der Waals surface area contributed by atoms with E-state index in [0.29, 0.717) is 0 Å². The molecule has 1 heterocycles. The minimum absolute atomic E-state index is 1.19. The maximum atomic E-state index is 3.21. The van der Waals surface area contributed by atoms with E-state index in [1.54, 1.807) is 0 Å². The van der Waals surface area contributed by atoms with Crippen LogP contribution in [0.15, 0.2) is 54.7 Å². The summed E-state index contributed by atoms with van der Waals surface area (Å²) in [5, 5.41) is 1.26. The third kappa shape index (κ3) is 1.50. The van der Waals surface area contributed by atoms with Gasteiger partial charge in [0.05, 0.1) is 0 Å². The summed E-state index contributed by atoms with van der Waals surface area (Å²) in [5.41, 5.74) is 5.04. The largest absolute Gasteiger partial charge is 0.361 e. The van der Waals surface area contributed by atoms with E-state index in [1.165, 1.54) is 27.6 Å². The molecule has 0 bridgehead atoms. The molecule has 1 N–H and O–H groups in total. The lowest BCUT2D eigenvalue weighted by molar-refractivity contribution is 1.46. The van der Waals surface area contributed by atoms with Crippen molar-refractivity contribution < 1.29 is 0 Å². The third-order valence-electron chi connectivity index (χ3n) is 2.90. The number of benzene rings is 2. The van der Waals surface area contributed by atoms with Crippen LogP contribution in [0.4, 0.5) is 0 Å². The molecule has 3 rings (SSSR count). The zero-order chi connectivity index (χ0) is 11.0. The van der Waals surface area contributed by atoms with Gasteiger partial charge in [-0.3, -0.25) is 0 Å². The van der Waals surface area contributed by atoms with Crippen molar-refractivity contribution in [2.75, 3.05) is 0 Å². The lowest BCUT2D eigenvalue weighted by Gasteiger charge is -2.03. The Morgan fingerprint density at radius 1 is 0.875 bits per heavy atom. The minimum atomic E-state index is 1.19. The number of aryl methyl sites for hydroxylation is 1. The maximum absolute atomic E-state index is 3.21. The highest BCUT2D eigenvalue weighted by Crippen LogP contribution is 2.24. The monoisotopic (exact) mass is 207 g/mol. The van der Waals surface area contributed by atoms with Crippen LogP contribution >= 0.6 is 0 Å². The van der Waals surface area contributed by atoms with E-state index in [2.05, 4.69) is 60.4 Å². The van der Waals surface area contributed by atoms with Crippen LogP contribution in [0.5, 0.6) is 0 Å². The molecule has 1 heteroatoms. The summed E-state index contributed by atoms with van der Waals surface area (Å²) in [6.07, 6.45) is 1.98. The van der Waals surface area contributed by atoms with E-state index in [0.717, 1.165) is 0 Å². The fraction of sp³-hybridized carbons (Fsp3) is 0.0667. The summed E-state index contributed by atoms with van der Waals surface area (Å²) in [4.78, 5) is 3.21.